The van der Waals surface area contributed by atoms with Crippen molar-refractivity contribution in [3.63, 3.8) is 0 Å². The summed E-state index contributed by atoms with van der Waals surface area (Å²) in [5.74, 6) is 0.499. The quantitative estimate of drug-likeness (QED) is 0.378. The van der Waals surface area contributed by atoms with E-state index in [9.17, 15) is 4.79 Å². The summed E-state index contributed by atoms with van der Waals surface area (Å²) in [6.45, 7) is 2.25. The van der Waals surface area contributed by atoms with Crippen molar-refractivity contribution in [2.24, 2.45) is 11.8 Å². The molecular weight excluding hydrogens is 300 g/mol. The van der Waals surface area contributed by atoms with Crippen molar-refractivity contribution in [3.8, 4) is 0 Å². The highest BCUT2D eigenvalue weighted by atomic mass is 16.5. The van der Waals surface area contributed by atoms with Crippen LogP contribution in [0, 0.1) is 11.8 Å². The molecular formula is C21H34O3. The van der Waals surface area contributed by atoms with E-state index < -0.39 is 5.97 Å². The molecule has 3 heteroatoms. The van der Waals surface area contributed by atoms with Gasteiger partial charge in [0.1, 0.15) is 0 Å². The Morgan fingerprint density at radius 2 is 1.83 bits per heavy atom. The first-order valence-electron chi connectivity index (χ1n) is 9.91. The molecule has 0 aromatic carbocycles. The molecule has 0 aromatic rings. The average Bonchev–Trinajstić information content (AvgIpc) is 3.15. The fourth-order valence-corrected chi connectivity index (χ4v) is 4.07. The third-order valence-corrected chi connectivity index (χ3v) is 5.41. The zero-order valence-electron chi connectivity index (χ0n) is 15.2. The molecule has 3 nitrogen and oxygen atoms in total. The van der Waals surface area contributed by atoms with Gasteiger partial charge in [0.15, 0.2) is 0 Å². The van der Waals surface area contributed by atoms with Crippen LogP contribution in [0.3, 0.4) is 0 Å². The number of allylic oxidation sites excluding steroid dienone is 3. The van der Waals surface area contributed by atoms with Crippen LogP contribution in [0.2, 0.25) is 0 Å². The van der Waals surface area contributed by atoms with E-state index in [4.69, 9.17) is 9.84 Å². The third kappa shape index (κ3) is 6.08. The normalized spacial score (nSPS) is 29.2. The minimum Gasteiger partial charge on any atom is -0.481 e. The Morgan fingerprint density at radius 3 is 2.62 bits per heavy atom. The summed E-state index contributed by atoms with van der Waals surface area (Å²) in [5, 5.41) is 8.65. The number of fused-ring (bicyclic) bond motifs is 2. The largest absolute Gasteiger partial charge is 0.481 e. The van der Waals surface area contributed by atoms with E-state index in [2.05, 4.69) is 31.2 Å². The number of carboxylic acid groups (broad SMARTS) is 1. The summed E-state index contributed by atoms with van der Waals surface area (Å²) >= 11 is 0. The summed E-state index contributed by atoms with van der Waals surface area (Å²) in [6, 6.07) is 0. The molecule has 1 N–H and O–H groups in total. The molecule has 2 heterocycles. The second-order valence-corrected chi connectivity index (χ2v) is 7.30. The van der Waals surface area contributed by atoms with Gasteiger partial charge in [-0.3, -0.25) is 4.79 Å². The highest BCUT2D eigenvalue weighted by molar-refractivity contribution is 5.66. The molecule has 2 bridgehead atoms. The molecule has 0 amide bonds. The molecule has 0 radical (unpaired) electrons. The first kappa shape index (κ1) is 19.2. The fraction of sp³-hybridized carbons (Fsp3) is 0.762. The van der Waals surface area contributed by atoms with E-state index in [1.807, 2.05) is 0 Å². The van der Waals surface area contributed by atoms with Gasteiger partial charge in [-0.15, -0.1) is 0 Å². The maximum absolute atomic E-state index is 10.5. The van der Waals surface area contributed by atoms with Gasteiger partial charge in [-0.25, -0.2) is 0 Å². The van der Waals surface area contributed by atoms with E-state index in [0.29, 0.717) is 24.0 Å². The van der Waals surface area contributed by atoms with Gasteiger partial charge in [-0.05, 0) is 50.9 Å². The molecule has 0 saturated carbocycles. The van der Waals surface area contributed by atoms with Crippen LogP contribution in [0.4, 0.5) is 0 Å². The standard InChI is InChI=1S/C21H34O3/c1-2-3-4-5-6-9-12-17-18(20-16-15-19(17)24-20)13-10-7-8-11-14-21(22)23/h7,9-10,12,17-20H,2-6,8,11,13-16H2,1H3,(H,22,23)/b10-7-,12-9-/t17-,18+,19-,20+/m1/s1. The first-order chi connectivity index (χ1) is 11.7. The van der Waals surface area contributed by atoms with Crippen LogP contribution in [0.5, 0.6) is 0 Å². The third-order valence-electron chi connectivity index (χ3n) is 5.41. The number of carboxylic acids is 1. The van der Waals surface area contributed by atoms with Gasteiger partial charge in [0.2, 0.25) is 0 Å². The lowest BCUT2D eigenvalue weighted by molar-refractivity contribution is -0.137. The molecule has 4 atom stereocenters. The van der Waals surface area contributed by atoms with Gasteiger partial charge in [0.05, 0.1) is 12.2 Å². The van der Waals surface area contributed by atoms with Crippen molar-refractivity contribution in [2.75, 3.05) is 0 Å². The van der Waals surface area contributed by atoms with Crippen molar-refractivity contribution in [2.45, 2.75) is 89.8 Å². The monoisotopic (exact) mass is 334 g/mol. The van der Waals surface area contributed by atoms with Gasteiger partial charge < -0.3 is 9.84 Å². The molecule has 0 spiro atoms. The number of hydrogen-bond acceptors (Lipinski definition) is 2. The highest BCUT2D eigenvalue weighted by Gasteiger charge is 2.46. The second kappa shape index (κ2) is 10.7. The Balaban J connectivity index is 1.72. The van der Waals surface area contributed by atoms with Crippen LogP contribution in [0.1, 0.15) is 77.6 Å². The summed E-state index contributed by atoms with van der Waals surface area (Å²) in [6.07, 6.45) is 22.0. The highest BCUT2D eigenvalue weighted by Crippen LogP contribution is 2.45. The summed E-state index contributed by atoms with van der Waals surface area (Å²) in [5.41, 5.74) is 0. The number of carbonyl (C=O) groups is 1. The Hall–Kier alpha value is -1.09. The lowest BCUT2D eigenvalue weighted by Gasteiger charge is -2.24. The van der Waals surface area contributed by atoms with Crippen LogP contribution in [-0.4, -0.2) is 23.3 Å². The average molecular weight is 335 g/mol. The van der Waals surface area contributed by atoms with Crippen LogP contribution < -0.4 is 0 Å². The molecule has 2 aliphatic rings. The smallest absolute Gasteiger partial charge is 0.303 e. The van der Waals surface area contributed by atoms with E-state index >= 15 is 0 Å². The number of unbranched alkanes of at least 4 members (excludes halogenated alkanes) is 5. The van der Waals surface area contributed by atoms with Gasteiger partial charge in [-0.2, -0.15) is 0 Å². The van der Waals surface area contributed by atoms with E-state index in [1.54, 1.807) is 0 Å². The number of hydrogen-bond donors (Lipinski definition) is 1. The van der Waals surface area contributed by atoms with Crippen molar-refractivity contribution >= 4 is 5.97 Å². The zero-order valence-corrected chi connectivity index (χ0v) is 15.2. The van der Waals surface area contributed by atoms with Crippen LogP contribution in [0.25, 0.3) is 0 Å². The number of rotatable bonds is 12. The molecule has 2 fully saturated rings. The Bertz CT molecular complexity index is 427. The summed E-state index contributed by atoms with van der Waals surface area (Å²) in [4.78, 5) is 10.5. The lowest BCUT2D eigenvalue weighted by atomic mass is 9.77. The summed E-state index contributed by atoms with van der Waals surface area (Å²) < 4.78 is 6.14. The van der Waals surface area contributed by atoms with Crippen LogP contribution in [0.15, 0.2) is 24.3 Å². The minimum atomic E-state index is -0.700. The molecule has 136 valence electrons. The van der Waals surface area contributed by atoms with Crippen LogP contribution in [-0.2, 0) is 9.53 Å². The second-order valence-electron chi connectivity index (χ2n) is 7.30. The minimum absolute atomic E-state index is 0.269. The Morgan fingerprint density at radius 1 is 1.04 bits per heavy atom. The SMILES string of the molecule is CCCCCC/C=C\[C@@H]1[C@H](C/C=C\CCCC(=O)O)[C@@H]2CC[C@H]1O2. The molecule has 2 aliphatic heterocycles. The maximum Gasteiger partial charge on any atom is 0.303 e. The lowest BCUT2D eigenvalue weighted by Crippen LogP contribution is -2.25. The van der Waals surface area contributed by atoms with Crippen molar-refractivity contribution < 1.29 is 14.6 Å². The van der Waals surface area contributed by atoms with E-state index in [1.165, 1.54) is 44.9 Å². The maximum atomic E-state index is 10.5. The van der Waals surface area contributed by atoms with Crippen molar-refractivity contribution in [1.29, 1.82) is 0 Å². The summed E-state index contributed by atoms with van der Waals surface area (Å²) in [7, 11) is 0. The van der Waals surface area contributed by atoms with Gasteiger partial charge >= 0.3 is 5.97 Å². The Kier molecular flexibility index (Phi) is 8.58. The fourth-order valence-electron chi connectivity index (χ4n) is 4.07. The number of aliphatic carboxylic acids is 1. The number of ether oxygens (including phenoxy) is 1. The molecule has 24 heavy (non-hydrogen) atoms. The van der Waals surface area contributed by atoms with E-state index in [0.717, 1.165) is 19.3 Å². The Labute approximate surface area is 147 Å². The van der Waals surface area contributed by atoms with E-state index in [-0.39, 0.29) is 6.42 Å². The van der Waals surface area contributed by atoms with Crippen molar-refractivity contribution in [3.05, 3.63) is 24.3 Å². The van der Waals surface area contributed by atoms with Gasteiger partial charge in [-0.1, -0.05) is 50.5 Å². The van der Waals surface area contributed by atoms with Gasteiger partial charge in [0.25, 0.3) is 0 Å². The molecule has 0 aliphatic carbocycles. The van der Waals surface area contributed by atoms with Gasteiger partial charge in [0, 0.05) is 12.3 Å². The van der Waals surface area contributed by atoms with Crippen LogP contribution >= 0.6 is 0 Å². The first-order valence-corrected chi connectivity index (χ1v) is 9.91. The van der Waals surface area contributed by atoms with Crippen molar-refractivity contribution in [1.82, 2.24) is 0 Å². The predicted molar refractivity (Wildman–Crippen MR) is 98.0 cm³/mol. The molecule has 0 unspecified atom stereocenters. The molecule has 2 rings (SSSR count). The molecule has 0 aromatic heterocycles. The molecule has 2 saturated heterocycles. The topological polar surface area (TPSA) is 46.5 Å². The zero-order chi connectivity index (χ0) is 17.2. The predicted octanol–water partition coefficient (Wildman–Crippen LogP) is 5.51.